The summed E-state index contributed by atoms with van der Waals surface area (Å²) in [7, 11) is 1.83. The monoisotopic (exact) mass is 543 g/mol. The molecule has 3 aromatic rings. The van der Waals surface area contributed by atoms with Crippen LogP contribution in [0.4, 0.5) is 23.8 Å². The normalized spacial score (nSPS) is 24.0. The molecule has 208 valence electrons. The van der Waals surface area contributed by atoms with E-state index < -0.39 is 28.7 Å². The van der Waals surface area contributed by atoms with Crippen molar-refractivity contribution < 1.29 is 23.1 Å². The summed E-state index contributed by atoms with van der Waals surface area (Å²) in [6, 6.07) is 0. The first-order valence-electron chi connectivity index (χ1n) is 12.9. The molecule has 1 aliphatic heterocycles. The van der Waals surface area contributed by atoms with Gasteiger partial charge in [-0.1, -0.05) is 32.9 Å². The summed E-state index contributed by atoms with van der Waals surface area (Å²) >= 11 is 0. The van der Waals surface area contributed by atoms with Crippen LogP contribution >= 0.6 is 0 Å². The van der Waals surface area contributed by atoms with Crippen LogP contribution in [0.3, 0.4) is 0 Å². The minimum atomic E-state index is -4.60. The maximum Gasteiger partial charge on any atom is 0.419 e. The average molecular weight is 544 g/mol. The number of alkyl halides is 3. The zero-order valence-electron chi connectivity index (χ0n) is 22.4. The van der Waals surface area contributed by atoms with Gasteiger partial charge in [0.15, 0.2) is 5.82 Å². The number of fused-ring (bicyclic) bond motifs is 1. The highest BCUT2D eigenvalue weighted by Gasteiger charge is 2.63. The highest BCUT2D eigenvalue weighted by atomic mass is 19.4. The Labute approximate surface area is 224 Å². The lowest BCUT2D eigenvalue weighted by Crippen LogP contribution is -2.65. The van der Waals surface area contributed by atoms with E-state index in [1.807, 2.05) is 11.6 Å². The Morgan fingerprint density at radius 1 is 1.08 bits per heavy atom. The fourth-order valence-electron chi connectivity index (χ4n) is 7.07. The molecule has 2 atom stereocenters. The van der Waals surface area contributed by atoms with Crippen molar-refractivity contribution in [3.8, 4) is 11.4 Å². The highest BCUT2D eigenvalue weighted by Crippen LogP contribution is 2.64. The van der Waals surface area contributed by atoms with E-state index in [0.29, 0.717) is 35.3 Å². The zero-order valence-corrected chi connectivity index (χ0v) is 22.4. The van der Waals surface area contributed by atoms with Crippen LogP contribution in [-0.4, -0.2) is 53.7 Å². The zero-order chi connectivity index (χ0) is 28.4. The smallest absolute Gasteiger partial charge is 0.419 e. The molecule has 2 unspecified atom stereocenters. The van der Waals surface area contributed by atoms with Gasteiger partial charge in [0.1, 0.15) is 17.8 Å². The molecule has 1 amide bonds. The van der Waals surface area contributed by atoms with Gasteiger partial charge in [0, 0.05) is 43.6 Å². The summed E-state index contributed by atoms with van der Waals surface area (Å²) in [6.45, 7) is 6.83. The third kappa shape index (κ3) is 3.94. The van der Waals surface area contributed by atoms with Gasteiger partial charge in [0.05, 0.1) is 16.5 Å². The molecule has 0 aromatic carbocycles. The molecule has 5 rings (SSSR count). The Bertz CT molecular complexity index is 1460. The van der Waals surface area contributed by atoms with Crippen LogP contribution in [0.15, 0.2) is 30.9 Å². The van der Waals surface area contributed by atoms with Crippen LogP contribution in [-0.2, 0) is 18.6 Å². The van der Waals surface area contributed by atoms with E-state index in [2.05, 4.69) is 52.9 Å². The largest absolute Gasteiger partial charge is 0.465 e. The molecule has 3 aromatic heterocycles. The molecule has 0 saturated carbocycles. The molecular formula is C27H32F3N7O2. The molecule has 0 bridgehead atoms. The van der Waals surface area contributed by atoms with Gasteiger partial charge < -0.3 is 20.3 Å². The van der Waals surface area contributed by atoms with Gasteiger partial charge in [-0.2, -0.15) is 13.2 Å². The number of rotatable bonds is 2. The number of nitrogens with zero attached hydrogens (tertiary/aromatic N) is 6. The number of amides is 1. The molecule has 1 fully saturated rings. The number of anilines is 1. The minimum Gasteiger partial charge on any atom is -0.465 e. The topological polar surface area (TPSA) is 123 Å². The number of carbonyl (C=O) groups is 1. The fourth-order valence-corrected chi connectivity index (χ4v) is 7.07. The second kappa shape index (κ2) is 8.92. The molecule has 1 spiro atoms. The van der Waals surface area contributed by atoms with Crippen molar-refractivity contribution in [2.45, 2.75) is 58.0 Å². The van der Waals surface area contributed by atoms with Crippen LogP contribution in [0.25, 0.3) is 22.4 Å². The molecule has 12 heteroatoms. The minimum absolute atomic E-state index is 0.0580. The molecule has 4 heterocycles. The Morgan fingerprint density at radius 2 is 1.77 bits per heavy atom. The van der Waals surface area contributed by atoms with Crippen molar-refractivity contribution in [1.29, 1.82) is 0 Å². The number of nitrogen functional groups attached to an aromatic ring is 1. The first-order chi connectivity index (χ1) is 18.2. The number of aryl methyl sites for hydroxylation is 1. The van der Waals surface area contributed by atoms with E-state index in [4.69, 9.17) is 5.73 Å². The van der Waals surface area contributed by atoms with Gasteiger partial charge in [-0.3, -0.25) is 0 Å². The van der Waals surface area contributed by atoms with Crippen molar-refractivity contribution in [3.63, 3.8) is 0 Å². The van der Waals surface area contributed by atoms with Crippen molar-refractivity contribution in [2.75, 3.05) is 18.8 Å². The second-order valence-electron chi connectivity index (χ2n) is 11.6. The number of nitrogens with two attached hydrogens (primary N) is 1. The van der Waals surface area contributed by atoms with E-state index in [0.717, 1.165) is 31.7 Å². The van der Waals surface area contributed by atoms with E-state index in [1.165, 1.54) is 11.2 Å². The maximum atomic E-state index is 13.4. The lowest BCUT2D eigenvalue weighted by Gasteiger charge is -2.63. The van der Waals surface area contributed by atoms with Gasteiger partial charge in [-0.15, -0.1) is 0 Å². The predicted octanol–water partition coefficient (Wildman–Crippen LogP) is 5.42. The van der Waals surface area contributed by atoms with Gasteiger partial charge in [-0.25, -0.2) is 24.7 Å². The van der Waals surface area contributed by atoms with E-state index >= 15 is 0 Å². The Balaban J connectivity index is 1.92. The number of piperidine rings is 1. The molecule has 0 radical (unpaired) electrons. The first kappa shape index (κ1) is 26.9. The van der Waals surface area contributed by atoms with Crippen LogP contribution in [0, 0.1) is 10.8 Å². The summed E-state index contributed by atoms with van der Waals surface area (Å²) in [5.74, 6) is 0.204. The number of likely N-dealkylation sites (tertiary alicyclic amines) is 1. The van der Waals surface area contributed by atoms with Gasteiger partial charge in [0.2, 0.25) is 0 Å². The molecular weight excluding hydrogens is 511 g/mol. The quantitative estimate of drug-likeness (QED) is 0.414. The third-order valence-corrected chi connectivity index (χ3v) is 8.81. The Kier molecular flexibility index (Phi) is 6.15. The summed E-state index contributed by atoms with van der Waals surface area (Å²) in [5.41, 5.74) is 5.37. The molecule has 9 nitrogen and oxygen atoms in total. The third-order valence-electron chi connectivity index (χ3n) is 8.81. The number of halogens is 3. The Hall–Kier alpha value is -3.70. The number of hydrogen-bond acceptors (Lipinski definition) is 6. The van der Waals surface area contributed by atoms with Crippen molar-refractivity contribution in [1.82, 2.24) is 29.4 Å². The van der Waals surface area contributed by atoms with Crippen LogP contribution < -0.4 is 5.73 Å². The molecule has 3 N–H and O–H groups in total. The SMILES string of the molecule is Cn1c(C2(C(C)(C)C)CN(C(=O)O)CCC23CC=CCC3)c(-c2ncc(C(F)(F)F)cn2)c2c(N)ncnc21. The Morgan fingerprint density at radius 3 is 2.33 bits per heavy atom. The molecule has 39 heavy (non-hydrogen) atoms. The highest BCUT2D eigenvalue weighted by molar-refractivity contribution is 6.01. The summed E-state index contributed by atoms with van der Waals surface area (Å²) in [5, 5.41) is 10.6. The summed E-state index contributed by atoms with van der Waals surface area (Å²) < 4.78 is 42.1. The van der Waals surface area contributed by atoms with E-state index in [-0.39, 0.29) is 23.6 Å². The second-order valence-corrected chi connectivity index (χ2v) is 11.6. The molecule has 1 saturated heterocycles. The fraction of sp³-hybridized carbons (Fsp3) is 0.519. The standard InChI is InChI=1S/C27H32F3N7O2/c1-24(2,3)26(14-37(23(38)39)11-10-25(26)8-6-5-7-9-25)19-17(18-20(31)34-15-35-22(18)36(19)4)21-32-12-16(13-33-21)27(28,29)30/h5-6,12-13,15H,7-11,14H2,1-4H3,(H,38,39)(H2,31,34,35). The van der Waals surface area contributed by atoms with Gasteiger partial charge in [-0.05, 0) is 36.5 Å². The first-order valence-corrected chi connectivity index (χ1v) is 12.9. The number of allylic oxidation sites excluding steroid dienone is 2. The average Bonchev–Trinajstić information content (AvgIpc) is 3.17. The van der Waals surface area contributed by atoms with Gasteiger partial charge in [0.25, 0.3) is 0 Å². The van der Waals surface area contributed by atoms with Crippen LogP contribution in [0.2, 0.25) is 0 Å². The summed E-state index contributed by atoms with van der Waals surface area (Å²) in [6.07, 6.45) is 4.56. The van der Waals surface area contributed by atoms with Crippen LogP contribution in [0.5, 0.6) is 0 Å². The van der Waals surface area contributed by atoms with Crippen molar-refractivity contribution in [2.24, 2.45) is 17.9 Å². The van der Waals surface area contributed by atoms with E-state index in [9.17, 15) is 23.1 Å². The van der Waals surface area contributed by atoms with Crippen LogP contribution in [0.1, 0.15) is 57.7 Å². The van der Waals surface area contributed by atoms with Crippen molar-refractivity contribution in [3.05, 3.63) is 42.1 Å². The lowest BCUT2D eigenvalue weighted by molar-refractivity contribution is -0.138. The van der Waals surface area contributed by atoms with Crippen molar-refractivity contribution >= 4 is 22.9 Å². The molecule has 1 aliphatic carbocycles. The van der Waals surface area contributed by atoms with E-state index in [1.54, 1.807) is 0 Å². The summed E-state index contributed by atoms with van der Waals surface area (Å²) in [4.78, 5) is 30.9. The number of aromatic nitrogens is 5. The predicted molar refractivity (Wildman–Crippen MR) is 140 cm³/mol. The number of carboxylic acid groups (broad SMARTS) is 1. The molecule has 2 aliphatic rings. The maximum absolute atomic E-state index is 13.4. The number of hydrogen-bond donors (Lipinski definition) is 2. The lowest BCUT2D eigenvalue weighted by atomic mass is 9.45. The van der Waals surface area contributed by atoms with Gasteiger partial charge >= 0.3 is 12.3 Å².